The fraction of sp³-hybridized carbons (Fsp3) is 0.429. The zero-order valence-corrected chi connectivity index (χ0v) is 14.3. The van der Waals surface area contributed by atoms with Gasteiger partial charge in [0.1, 0.15) is 0 Å². The van der Waals surface area contributed by atoms with Crippen LogP contribution < -0.4 is 10.5 Å². The van der Waals surface area contributed by atoms with Crippen molar-refractivity contribution in [3.05, 3.63) is 24.3 Å². The Morgan fingerprint density at radius 2 is 1.58 bits per heavy atom. The minimum Gasteiger partial charge on any atom is -0.383 e. The number of carbonyl (C=O) groups excluding carboxylic acids is 2. The lowest BCUT2D eigenvalue weighted by atomic mass is 10.3. The van der Waals surface area contributed by atoms with Gasteiger partial charge in [-0.3, -0.25) is 9.59 Å². The monoisotopic (exact) mass is 359 g/mol. The van der Waals surface area contributed by atoms with Gasteiger partial charge in [-0.25, -0.2) is 13.6 Å². The van der Waals surface area contributed by atoms with Crippen LogP contribution >= 0.6 is 0 Å². The molecule has 24 heavy (non-hydrogen) atoms. The molecule has 0 aliphatic carbocycles. The number of benzene rings is 1. The molecular formula is C14H21N3O6S. The van der Waals surface area contributed by atoms with E-state index >= 15 is 0 Å². The number of primary sulfonamides is 1. The summed E-state index contributed by atoms with van der Waals surface area (Å²) in [6, 6.07) is 5.17. The van der Waals surface area contributed by atoms with Crippen molar-refractivity contribution in [1.29, 1.82) is 0 Å². The molecule has 0 unspecified atom stereocenters. The molecule has 0 bridgehead atoms. The molecule has 134 valence electrons. The average molecular weight is 359 g/mol. The Labute approximate surface area is 140 Å². The third-order valence-electron chi connectivity index (χ3n) is 3.05. The molecule has 3 N–H and O–H groups in total. The first-order chi connectivity index (χ1) is 11.3. The predicted molar refractivity (Wildman–Crippen MR) is 86.8 cm³/mol. The molecule has 1 aromatic rings. The maximum atomic E-state index is 12.2. The van der Waals surface area contributed by atoms with E-state index in [1.54, 1.807) is 0 Å². The first-order valence-electron chi connectivity index (χ1n) is 7.00. The van der Waals surface area contributed by atoms with E-state index in [0.717, 1.165) is 0 Å². The maximum absolute atomic E-state index is 12.2. The molecular weight excluding hydrogens is 338 g/mol. The van der Waals surface area contributed by atoms with Crippen LogP contribution in [0.25, 0.3) is 0 Å². The van der Waals surface area contributed by atoms with Crippen LogP contribution in [0.15, 0.2) is 29.2 Å². The van der Waals surface area contributed by atoms with Gasteiger partial charge in [0.05, 0.1) is 18.1 Å². The van der Waals surface area contributed by atoms with Crippen LogP contribution in [0.2, 0.25) is 0 Å². The number of anilines is 1. The van der Waals surface area contributed by atoms with Gasteiger partial charge in [-0.05, 0) is 24.3 Å². The van der Waals surface area contributed by atoms with E-state index in [2.05, 4.69) is 5.32 Å². The summed E-state index contributed by atoms with van der Waals surface area (Å²) in [7, 11) is -0.830. The number of sulfonamides is 1. The summed E-state index contributed by atoms with van der Waals surface area (Å²) in [4.78, 5) is 25.4. The van der Waals surface area contributed by atoms with Crippen molar-refractivity contribution in [2.24, 2.45) is 5.14 Å². The molecule has 0 aliphatic heterocycles. The van der Waals surface area contributed by atoms with Crippen molar-refractivity contribution >= 4 is 27.5 Å². The Balaban J connectivity index is 2.74. The van der Waals surface area contributed by atoms with Gasteiger partial charge in [0.15, 0.2) is 0 Å². The standard InChI is InChI=1S/C14H21N3O6S/c1-22-9-7-17(8-10-23-2)14(19)13(18)16-11-3-5-12(6-4-11)24(15,20)21/h3-6H,7-10H2,1-2H3,(H,16,18)(H2,15,20,21). The Bertz CT molecular complexity index is 652. The minimum absolute atomic E-state index is 0.0892. The summed E-state index contributed by atoms with van der Waals surface area (Å²) in [6.07, 6.45) is 0. The molecule has 0 saturated carbocycles. The third kappa shape index (κ3) is 6.24. The molecule has 0 radical (unpaired) electrons. The van der Waals surface area contributed by atoms with Crippen LogP contribution in [0.1, 0.15) is 0 Å². The average Bonchev–Trinajstić information content (AvgIpc) is 2.54. The molecule has 0 aromatic heterocycles. The number of hydrogen-bond donors (Lipinski definition) is 2. The van der Waals surface area contributed by atoms with Crippen LogP contribution in [-0.4, -0.2) is 65.7 Å². The molecule has 10 heteroatoms. The van der Waals surface area contributed by atoms with Gasteiger partial charge >= 0.3 is 11.8 Å². The highest BCUT2D eigenvalue weighted by molar-refractivity contribution is 7.89. The number of hydrogen-bond acceptors (Lipinski definition) is 6. The van der Waals surface area contributed by atoms with Crippen LogP contribution in [0, 0.1) is 0 Å². The number of rotatable bonds is 8. The largest absolute Gasteiger partial charge is 0.383 e. The highest BCUT2D eigenvalue weighted by Gasteiger charge is 2.21. The normalized spacial score (nSPS) is 11.1. The third-order valence-corrected chi connectivity index (χ3v) is 3.98. The van der Waals surface area contributed by atoms with Gasteiger partial charge < -0.3 is 19.7 Å². The van der Waals surface area contributed by atoms with E-state index in [0.29, 0.717) is 0 Å². The van der Waals surface area contributed by atoms with Crippen LogP contribution in [0.3, 0.4) is 0 Å². The summed E-state index contributed by atoms with van der Waals surface area (Å²) in [5, 5.41) is 7.40. The van der Waals surface area contributed by atoms with Crippen LogP contribution in [0.5, 0.6) is 0 Å². The topological polar surface area (TPSA) is 128 Å². The summed E-state index contributed by atoms with van der Waals surface area (Å²) < 4.78 is 32.2. The van der Waals surface area contributed by atoms with Gasteiger partial charge in [0.2, 0.25) is 10.0 Å². The Kier molecular flexibility index (Phi) is 7.79. The van der Waals surface area contributed by atoms with Crippen molar-refractivity contribution in [2.45, 2.75) is 4.90 Å². The van der Waals surface area contributed by atoms with E-state index in [1.165, 1.54) is 43.4 Å². The molecule has 0 atom stereocenters. The minimum atomic E-state index is -3.81. The van der Waals surface area contributed by atoms with Gasteiger partial charge in [-0.2, -0.15) is 0 Å². The number of ether oxygens (including phenoxy) is 2. The quantitative estimate of drug-likeness (QED) is 0.596. The maximum Gasteiger partial charge on any atom is 0.313 e. The number of nitrogens with two attached hydrogens (primary N) is 1. The number of nitrogens with zero attached hydrogens (tertiary/aromatic N) is 1. The molecule has 9 nitrogen and oxygen atoms in total. The summed E-state index contributed by atoms with van der Waals surface area (Å²) in [5.74, 6) is -1.58. The van der Waals surface area contributed by atoms with Crippen molar-refractivity contribution in [2.75, 3.05) is 45.8 Å². The Morgan fingerprint density at radius 1 is 1.08 bits per heavy atom. The molecule has 2 amide bonds. The number of amides is 2. The zero-order valence-electron chi connectivity index (χ0n) is 13.5. The van der Waals surface area contributed by atoms with E-state index in [1.807, 2.05) is 0 Å². The highest BCUT2D eigenvalue weighted by Crippen LogP contribution is 2.12. The Hall–Kier alpha value is -2.01. The van der Waals surface area contributed by atoms with Crippen LogP contribution in [-0.2, 0) is 29.1 Å². The summed E-state index contributed by atoms with van der Waals surface area (Å²) >= 11 is 0. The molecule has 1 aromatic carbocycles. The fourth-order valence-electron chi connectivity index (χ4n) is 1.77. The highest BCUT2D eigenvalue weighted by atomic mass is 32.2. The van der Waals surface area contributed by atoms with E-state index in [4.69, 9.17) is 14.6 Å². The molecule has 0 heterocycles. The van der Waals surface area contributed by atoms with Crippen molar-refractivity contribution < 1.29 is 27.5 Å². The van der Waals surface area contributed by atoms with Crippen LogP contribution in [0.4, 0.5) is 5.69 Å². The molecule has 0 fully saturated rings. The van der Waals surface area contributed by atoms with Gasteiger partial charge in [-0.1, -0.05) is 0 Å². The van der Waals surface area contributed by atoms with E-state index < -0.39 is 21.8 Å². The summed E-state index contributed by atoms with van der Waals surface area (Å²) in [6.45, 7) is 1.06. The van der Waals surface area contributed by atoms with Crippen molar-refractivity contribution in [1.82, 2.24) is 4.90 Å². The second-order valence-corrected chi connectivity index (χ2v) is 6.36. The molecule has 0 spiro atoms. The molecule has 0 aliphatic rings. The second-order valence-electron chi connectivity index (χ2n) is 4.80. The lowest BCUT2D eigenvalue weighted by Crippen LogP contribution is -2.43. The summed E-state index contributed by atoms with van der Waals surface area (Å²) in [5.41, 5.74) is 0.277. The fourth-order valence-corrected chi connectivity index (χ4v) is 2.29. The first-order valence-corrected chi connectivity index (χ1v) is 8.55. The van der Waals surface area contributed by atoms with Crippen molar-refractivity contribution in [3.8, 4) is 0 Å². The van der Waals surface area contributed by atoms with Gasteiger partial charge in [0.25, 0.3) is 0 Å². The van der Waals surface area contributed by atoms with E-state index in [9.17, 15) is 18.0 Å². The SMILES string of the molecule is COCCN(CCOC)C(=O)C(=O)Nc1ccc(S(N)(=O)=O)cc1. The van der Waals surface area contributed by atoms with Gasteiger partial charge in [-0.15, -0.1) is 0 Å². The smallest absolute Gasteiger partial charge is 0.313 e. The lowest BCUT2D eigenvalue weighted by molar-refractivity contribution is -0.144. The predicted octanol–water partition coefficient (Wildman–Crippen LogP) is -0.606. The first kappa shape index (κ1) is 20.0. The second kappa shape index (κ2) is 9.33. The molecule has 1 rings (SSSR count). The Morgan fingerprint density at radius 3 is 2.00 bits per heavy atom. The van der Waals surface area contributed by atoms with Gasteiger partial charge in [0, 0.05) is 33.0 Å². The zero-order chi connectivity index (χ0) is 18.2. The number of nitrogens with one attached hydrogen (secondary N) is 1. The van der Waals surface area contributed by atoms with E-state index in [-0.39, 0.29) is 36.9 Å². The van der Waals surface area contributed by atoms with Crippen molar-refractivity contribution in [3.63, 3.8) is 0 Å². The lowest BCUT2D eigenvalue weighted by Gasteiger charge is -2.21. The number of methoxy groups -OCH3 is 2. The molecule has 0 saturated heterocycles. The number of carbonyl (C=O) groups is 2.